The van der Waals surface area contributed by atoms with E-state index in [1.807, 2.05) is 18.4 Å². The van der Waals surface area contributed by atoms with Crippen molar-refractivity contribution in [3.05, 3.63) is 21.9 Å². The van der Waals surface area contributed by atoms with Crippen LogP contribution in [-0.2, 0) is 4.74 Å². The minimum Gasteiger partial charge on any atom is -0.379 e. The van der Waals surface area contributed by atoms with Crippen molar-refractivity contribution in [1.29, 1.82) is 0 Å². The molecule has 5 heteroatoms. The molecule has 1 aliphatic heterocycles. The molecule has 2 heterocycles. The lowest BCUT2D eigenvalue weighted by atomic mass is 10.0. The van der Waals surface area contributed by atoms with Gasteiger partial charge < -0.3 is 10.1 Å². The van der Waals surface area contributed by atoms with E-state index in [4.69, 9.17) is 4.74 Å². The summed E-state index contributed by atoms with van der Waals surface area (Å²) in [7, 11) is 0. The maximum absolute atomic E-state index is 12.3. The summed E-state index contributed by atoms with van der Waals surface area (Å²) in [6.07, 6.45) is 1.10. The molecule has 2 rings (SSSR count). The van der Waals surface area contributed by atoms with Gasteiger partial charge in [0.2, 0.25) is 0 Å². The molecule has 0 bridgehead atoms. The third kappa shape index (κ3) is 4.80. The molecule has 118 valence electrons. The Kier molecular flexibility index (Phi) is 6.21. The van der Waals surface area contributed by atoms with Crippen LogP contribution >= 0.6 is 11.3 Å². The molecule has 1 aromatic rings. The molecule has 1 aromatic heterocycles. The van der Waals surface area contributed by atoms with E-state index in [9.17, 15) is 4.79 Å². The van der Waals surface area contributed by atoms with Crippen molar-refractivity contribution in [3.63, 3.8) is 0 Å². The molecular formula is C16H26N2O2S. The number of morpholine rings is 1. The fraction of sp³-hybridized carbons (Fsp3) is 0.688. The van der Waals surface area contributed by atoms with Crippen LogP contribution in [0.25, 0.3) is 0 Å². The number of thiophene rings is 1. The molecule has 1 N–H and O–H groups in total. The van der Waals surface area contributed by atoms with Crippen molar-refractivity contribution in [2.24, 2.45) is 5.92 Å². The highest BCUT2D eigenvalue weighted by atomic mass is 32.1. The molecule has 1 fully saturated rings. The Morgan fingerprint density at radius 3 is 2.71 bits per heavy atom. The van der Waals surface area contributed by atoms with Gasteiger partial charge in [0.25, 0.3) is 5.91 Å². The minimum absolute atomic E-state index is 0.0597. The summed E-state index contributed by atoms with van der Waals surface area (Å²) in [5.74, 6) is 0.683. The number of carbonyl (C=O) groups excluding carboxylic acids is 1. The normalized spacial score (nSPS) is 17.9. The highest BCUT2D eigenvalue weighted by Crippen LogP contribution is 2.16. The van der Waals surface area contributed by atoms with Gasteiger partial charge in [0, 0.05) is 25.7 Å². The quantitative estimate of drug-likeness (QED) is 0.878. The number of hydrogen-bond donors (Lipinski definition) is 1. The summed E-state index contributed by atoms with van der Waals surface area (Å²) in [5, 5.41) is 5.09. The molecule has 0 radical (unpaired) electrons. The zero-order valence-electron chi connectivity index (χ0n) is 13.2. The van der Waals surface area contributed by atoms with Crippen LogP contribution in [0.5, 0.6) is 0 Å². The third-order valence-corrected chi connectivity index (χ3v) is 4.89. The SMILES string of the molecule is Cc1ccsc1C(=O)NCC(CC(C)C)N1CCOCC1. The van der Waals surface area contributed by atoms with Gasteiger partial charge in [0.15, 0.2) is 0 Å². The molecule has 1 amide bonds. The smallest absolute Gasteiger partial charge is 0.261 e. The number of rotatable bonds is 6. The van der Waals surface area contributed by atoms with Crippen LogP contribution in [0.4, 0.5) is 0 Å². The van der Waals surface area contributed by atoms with Gasteiger partial charge in [-0.3, -0.25) is 9.69 Å². The topological polar surface area (TPSA) is 41.6 Å². The van der Waals surface area contributed by atoms with Crippen molar-refractivity contribution in [3.8, 4) is 0 Å². The number of carbonyl (C=O) groups is 1. The van der Waals surface area contributed by atoms with E-state index in [1.54, 1.807) is 0 Å². The Labute approximate surface area is 131 Å². The average Bonchev–Trinajstić information content (AvgIpc) is 2.90. The lowest BCUT2D eigenvalue weighted by molar-refractivity contribution is 0.0125. The molecule has 0 aromatic carbocycles. The monoisotopic (exact) mass is 310 g/mol. The van der Waals surface area contributed by atoms with Crippen molar-refractivity contribution in [2.75, 3.05) is 32.8 Å². The lowest BCUT2D eigenvalue weighted by Gasteiger charge is -2.35. The van der Waals surface area contributed by atoms with Crippen LogP contribution in [0.3, 0.4) is 0 Å². The van der Waals surface area contributed by atoms with E-state index >= 15 is 0 Å². The van der Waals surface area contributed by atoms with Gasteiger partial charge in [-0.05, 0) is 36.3 Å². The Bertz CT molecular complexity index is 453. The maximum Gasteiger partial charge on any atom is 0.261 e. The van der Waals surface area contributed by atoms with Crippen molar-refractivity contribution in [1.82, 2.24) is 10.2 Å². The van der Waals surface area contributed by atoms with Gasteiger partial charge >= 0.3 is 0 Å². The molecule has 21 heavy (non-hydrogen) atoms. The van der Waals surface area contributed by atoms with E-state index in [0.717, 1.165) is 43.2 Å². The number of amides is 1. The Morgan fingerprint density at radius 1 is 1.43 bits per heavy atom. The van der Waals surface area contributed by atoms with Crippen molar-refractivity contribution < 1.29 is 9.53 Å². The summed E-state index contributed by atoms with van der Waals surface area (Å²) in [6.45, 7) is 10.7. The molecular weight excluding hydrogens is 284 g/mol. The second-order valence-corrected chi connectivity index (χ2v) is 6.99. The molecule has 1 saturated heterocycles. The van der Waals surface area contributed by atoms with Gasteiger partial charge in [-0.25, -0.2) is 0 Å². The molecule has 0 saturated carbocycles. The van der Waals surface area contributed by atoms with Crippen LogP contribution < -0.4 is 5.32 Å². The predicted octanol–water partition coefficient (Wildman–Crippen LogP) is 2.53. The fourth-order valence-electron chi connectivity index (χ4n) is 2.74. The highest BCUT2D eigenvalue weighted by Gasteiger charge is 2.23. The first-order valence-electron chi connectivity index (χ1n) is 7.72. The summed E-state index contributed by atoms with van der Waals surface area (Å²) >= 11 is 1.51. The second kappa shape index (κ2) is 7.92. The fourth-order valence-corrected chi connectivity index (χ4v) is 3.59. The van der Waals surface area contributed by atoms with Crippen molar-refractivity contribution in [2.45, 2.75) is 33.2 Å². The molecule has 0 aliphatic carbocycles. The molecule has 1 atom stereocenters. The predicted molar refractivity (Wildman–Crippen MR) is 87.0 cm³/mol. The van der Waals surface area contributed by atoms with Gasteiger partial charge in [-0.2, -0.15) is 0 Å². The number of aryl methyl sites for hydroxylation is 1. The largest absolute Gasteiger partial charge is 0.379 e. The van der Waals surface area contributed by atoms with Crippen LogP contribution in [-0.4, -0.2) is 49.7 Å². The summed E-state index contributed by atoms with van der Waals surface area (Å²) in [6, 6.07) is 2.39. The molecule has 1 aliphatic rings. The van der Waals surface area contributed by atoms with E-state index in [1.165, 1.54) is 11.3 Å². The maximum atomic E-state index is 12.3. The first-order chi connectivity index (χ1) is 10.1. The van der Waals surface area contributed by atoms with Crippen LogP contribution in [0.2, 0.25) is 0 Å². The summed E-state index contributed by atoms with van der Waals surface area (Å²) in [5.41, 5.74) is 1.06. The van der Waals surface area contributed by atoms with E-state index < -0.39 is 0 Å². The lowest BCUT2D eigenvalue weighted by Crippen LogP contribution is -2.49. The second-order valence-electron chi connectivity index (χ2n) is 6.07. The van der Waals surface area contributed by atoms with Crippen LogP contribution in [0.1, 0.15) is 35.5 Å². The Hall–Kier alpha value is -0.910. The number of nitrogens with zero attached hydrogens (tertiary/aromatic N) is 1. The van der Waals surface area contributed by atoms with Gasteiger partial charge in [-0.1, -0.05) is 13.8 Å². The first-order valence-corrected chi connectivity index (χ1v) is 8.60. The zero-order chi connectivity index (χ0) is 15.2. The standard InChI is InChI=1S/C16H26N2O2S/c1-12(2)10-14(18-5-7-20-8-6-18)11-17-16(19)15-13(3)4-9-21-15/h4,9,12,14H,5-8,10-11H2,1-3H3,(H,17,19). The zero-order valence-corrected chi connectivity index (χ0v) is 14.0. The molecule has 1 unspecified atom stereocenters. The minimum atomic E-state index is 0.0597. The number of hydrogen-bond acceptors (Lipinski definition) is 4. The molecule has 0 spiro atoms. The number of nitrogens with one attached hydrogen (secondary N) is 1. The van der Waals surface area contributed by atoms with E-state index in [0.29, 0.717) is 18.5 Å². The summed E-state index contributed by atoms with van der Waals surface area (Å²) < 4.78 is 5.43. The van der Waals surface area contributed by atoms with E-state index in [-0.39, 0.29) is 5.91 Å². The first kappa shape index (κ1) is 16.5. The number of ether oxygens (including phenoxy) is 1. The van der Waals surface area contributed by atoms with Gasteiger partial charge in [-0.15, -0.1) is 11.3 Å². The average molecular weight is 310 g/mol. The van der Waals surface area contributed by atoms with E-state index in [2.05, 4.69) is 24.1 Å². The van der Waals surface area contributed by atoms with Crippen LogP contribution in [0.15, 0.2) is 11.4 Å². The van der Waals surface area contributed by atoms with Crippen LogP contribution in [0, 0.1) is 12.8 Å². The Morgan fingerprint density at radius 2 is 2.14 bits per heavy atom. The summed E-state index contributed by atoms with van der Waals surface area (Å²) in [4.78, 5) is 15.5. The molecule has 4 nitrogen and oxygen atoms in total. The van der Waals surface area contributed by atoms with Crippen molar-refractivity contribution >= 4 is 17.2 Å². The van der Waals surface area contributed by atoms with Gasteiger partial charge in [0.1, 0.15) is 0 Å². The highest BCUT2D eigenvalue weighted by molar-refractivity contribution is 7.12. The Balaban J connectivity index is 1.92. The van der Waals surface area contributed by atoms with Gasteiger partial charge in [0.05, 0.1) is 18.1 Å². The third-order valence-electron chi connectivity index (χ3n) is 3.87.